The van der Waals surface area contributed by atoms with E-state index in [0.29, 0.717) is 11.5 Å². The zero-order valence-electron chi connectivity index (χ0n) is 11.6. The molecule has 0 radical (unpaired) electrons. The predicted molar refractivity (Wildman–Crippen MR) is 72.1 cm³/mol. The third-order valence-corrected chi connectivity index (χ3v) is 3.32. The van der Waals surface area contributed by atoms with Gasteiger partial charge in [-0.3, -0.25) is 0 Å². The van der Waals surface area contributed by atoms with Gasteiger partial charge in [0.15, 0.2) is 0 Å². The van der Waals surface area contributed by atoms with Gasteiger partial charge in [0.2, 0.25) is 0 Å². The van der Waals surface area contributed by atoms with Gasteiger partial charge in [-0.05, 0) is 29.7 Å². The highest BCUT2D eigenvalue weighted by molar-refractivity contribution is 5.55. The molecule has 0 aliphatic heterocycles. The van der Waals surface area contributed by atoms with Crippen LogP contribution in [0.25, 0.3) is 0 Å². The highest BCUT2D eigenvalue weighted by atomic mass is 19.4. The van der Waals surface area contributed by atoms with Crippen LogP contribution in [-0.4, -0.2) is 13.6 Å². The summed E-state index contributed by atoms with van der Waals surface area (Å²) >= 11 is 0. The minimum atomic E-state index is -4.32. The summed E-state index contributed by atoms with van der Waals surface area (Å²) in [7, 11) is 1.88. The smallest absolute Gasteiger partial charge is 0.374 e. The average molecular weight is 274 g/mol. The van der Waals surface area contributed by atoms with E-state index in [9.17, 15) is 13.2 Å². The standard InChI is InChI=1S/C14H21F3N2/c1-4-10(2)9-19(3)13-6-5-12(14(15,16)17)7-11(13)8-18/h5-7,10H,4,8-9,18H2,1-3H3. The second-order valence-corrected chi connectivity index (χ2v) is 4.94. The molecule has 2 N–H and O–H groups in total. The lowest BCUT2D eigenvalue weighted by atomic mass is 10.0. The van der Waals surface area contributed by atoms with Gasteiger partial charge in [-0.1, -0.05) is 20.3 Å². The number of nitrogens with two attached hydrogens (primary N) is 1. The Kier molecular flexibility index (Phi) is 5.23. The molecule has 0 aromatic heterocycles. The first-order chi connectivity index (χ1) is 8.79. The highest BCUT2D eigenvalue weighted by Gasteiger charge is 2.31. The van der Waals surface area contributed by atoms with Crippen LogP contribution in [0, 0.1) is 5.92 Å². The summed E-state index contributed by atoms with van der Waals surface area (Å²) in [6, 6.07) is 3.76. The van der Waals surface area contributed by atoms with Gasteiger partial charge < -0.3 is 10.6 Å². The summed E-state index contributed by atoms with van der Waals surface area (Å²) in [4.78, 5) is 1.97. The second-order valence-electron chi connectivity index (χ2n) is 4.94. The number of nitrogens with zero attached hydrogens (tertiary/aromatic N) is 1. The van der Waals surface area contributed by atoms with Crippen molar-refractivity contribution >= 4 is 5.69 Å². The molecular formula is C14H21F3N2. The zero-order valence-corrected chi connectivity index (χ0v) is 11.6. The van der Waals surface area contributed by atoms with Gasteiger partial charge >= 0.3 is 6.18 Å². The van der Waals surface area contributed by atoms with E-state index in [1.165, 1.54) is 6.07 Å². The molecule has 108 valence electrons. The summed E-state index contributed by atoms with van der Waals surface area (Å²) in [5.74, 6) is 0.484. The first-order valence-electron chi connectivity index (χ1n) is 6.40. The van der Waals surface area contributed by atoms with Crippen LogP contribution in [0.1, 0.15) is 31.4 Å². The second kappa shape index (κ2) is 6.28. The molecular weight excluding hydrogens is 253 g/mol. The van der Waals surface area contributed by atoms with Crippen LogP contribution < -0.4 is 10.6 Å². The number of hydrogen-bond acceptors (Lipinski definition) is 2. The average Bonchev–Trinajstić information content (AvgIpc) is 2.36. The Morgan fingerprint density at radius 2 is 1.95 bits per heavy atom. The van der Waals surface area contributed by atoms with Gasteiger partial charge in [0.25, 0.3) is 0 Å². The molecule has 19 heavy (non-hydrogen) atoms. The van der Waals surface area contributed by atoms with Crippen LogP contribution in [0.3, 0.4) is 0 Å². The quantitative estimate of drug-likeness (QED) is 0.888. The van der Waals surface area contributed by atoms with E-state index in [1.54, 1.807) is 0 Å². The number of anilines is 1. The first-order valence-corrected chi connectivity index (χ1v) is 6.40. The van der Waals surface area contributed by atoms with E-state index < -0.39 is 11.7 Å². The third-order valence-electron chi connectivity index (χ3n) is 3.32. The monoisotopic (exact) mass is 274 g/mol. The van der Waals surface area contributed by atoms with Crippen molar-refractivity contribution in [2.45, 2.75) is 33.0 Å². The van der Waals surface area contributed by atoms with Crippen LogP contribution in [0.5, 0.6) is 0 Å². The molecule has 1 aromatic rings. The fourth-order valence-electron chi connectivity index (χ4n) is 1.99. The predicted octanol–water partition coefficient (Wildman–Crippen LogP) is 3.65. The molecule has 0 heterocycles. The Morgan fingerprint density at radius 1 is 1.32 bits per heavy atom. The molecule has 0 saturated carbocycles. The van der Waals surface area contributed by atoms with E-state index in [1.807, 2.05) is 11.9 Å². The number of halogens is 3. The fraction of sp³-hybridized carbons (Fsp3) is 0.571. The van der Waals surface area contributed by atoms with Gasteiger partial charge in [0.05, 0.1) is 5.56 Å². The van der Waals surface area contributed by atoms with Crippen LogP contribution in [0.15, 0.2) is 18.2 Å². The van der Waals surface area contributed by atoms with Crippen molar-refractivity contribution in [1.29, 1.82) is 0 Å². The van der Waals surface area contributed by atoms with Gasteiger partial charge in [0, 0.05) is 25.8 Å². The maximum absolute atomic E-state index is 12.6. The Bertz CT molecular complexity index is 416. The van der Waals surface area contributed by atoms with Crippen molar-refractivity contribution in [2.24, 2.45) is 11.7 Å². The highest BCUT2D eigenvalue weighted by Crippen LogP contribution is 2.32. The van der Waals surface area contributed by atoms with Crippen molar-refractivity contribution in [3.05, 3.63) is 29.3 Å². The topological polar surface area (TPSA) is 29.3 Å². The minimum Gasteiger partial charge on any atom is -0.374 e. The number of alkyl halides is 3. The Hall–Kier alpha value is -1.23. The van der Waals surface area contributed by atoms with Crippen molar-refractivity contribution in [1.82, 2.24) is 0 Å². The summed E-state index contributed by atoms with van der Waals surface area (Å²) in [5, 5.41) is 0. The molecule has 0 amide bonds. The lowest BCUT2D eigenvalue weighted by Gasteiger charge is -2.25. The maximum Gasteiger partial charge on any atom is 0.416 e. The molecule has 0 spiro atoms. The lowest BCUT2D eigenvalue weighted by molar-refractivity contribution is -0.137. The molecule has 0 aliphatic rings. The summed E-state index contributed by atoms with van der Waals surface area (Å²) in [5.41, 5.74) is 6.23. The summed E-state index contributed by atoms with van der Waals surface area (Å²) in [6.07, 6.45) is -3.29. The van der Waals surface area contributed by atoms with Crippen LogP contribution in [0.4, 0.5) is 18.9 Å². The van der Waals surface area contributed by atoms with E-state index >= 15 is 0 Å². The first kappa shape index (κ1) is 15.8. The van der Waals surface area contributed by atoms with Gasteiger partial charge in [-0.25, -0.2) is 0 Å². The van der Waals surface area contributed by atoms with E-state index in [-0.39, 0.29) is 6.54 Å². The lowest BCUT2D eigenvalue weighted by Crippen LogP contribution is -2.25. The van der Waals surface area contributed by atoms with E-state index in [2.05, 4.69) is 13.8 Å². The summed E-state index contributed by atoms with van der Waals surface area (Å²) in [6.45, 7) is 5.11. The zero-order chi connectivity index (χ0) is 14.6. The fourth-order valence-corrected chi connectivity index (χ4v) is 1.99. The number of hydrogen-bond donors (Lipinski definition) is 1. The molecule has 0 bridgehead atoms. The van der Waals surface area contributed by atoms with Crippen LogP contribution in [-0.2, 0) is 12.7 Å². The molecule has 0 aliphatic carbocycles. The van der Waals surface area contributed by atoms with Crippen molar-refractivity contribution in [3.8, 4) is 0 Å². The van der Waals surface area contributed by atoms with E-state index in [0.717, 1.165) is 30.8 Å². The normalized spacial score (nSPS) is 13.4. The molecule has 1 atom stereocenters. The van der Waals surface area contributed by atoms with Crippen molar-refractivity contribution in [2.75, 3.05) is 18.5 Å². The minimum absolute atomic E-state index is 0.101. The van der Waals surface area contributed by atoms with Crippen molar-refractivity contribution in [3.63, 3.8) is 0 Å². The summed E-state index contributed by atoms with van der Waals surface area (Å²) < 4.78 is 37.9. The van der Waals surface area contributed by atoms with Crippen molar-refractivity contribution < 1.29 is 13.2 Å². The molecule has 0 saturated heterocycles. The van der Waals surface area contributed by atoms with Gasteiger partial charge in [-0.2, -0.15) is 13.2 Å². The molecule has 1 unspecified atom stereocenters. The maximum atomic E-state index is 12.6. The molecule has 0 fully saturated rings. The molecule has 1 rings (SSSR count). The Balaban J connectivity index is 3.02. The van der Waals surface area contributed by atoms with Gasteiger partial charge in [-0.15, -0.1) is 0 Å². The number of rotatable bonds is 5. The third kappa shape index (κ3) is 4.13. The molecule has 2 nitrogen and oxygen atoms in total. The largest absolute Gasteiger partial charge is 0.416 e. The van der Waals surface area contributed by atoms with Crippen LogP contribution in [0.2, 0.25) is 0 Å². The van der Waals surface area contributed by atoms with E-state index in [4.69, 9.17) is 5.73 Å². The molecule has 1 aromatic carbocycles. The number of benzene rings is 1. The molecule has 5 heteroatoms. The Labute approximate surface area is 112 Å². The SMILES string of the molecule is CCC(C)CN(C)c1ccc(C(F)(F)F)cc1CN. The Morgan fingerprint density at radius 3 is 2.42 bits per heavy atom. The van der Waals surface area contributed by atoms with Crippen LogP contribution >= 0.6 is 0 Å². The van der Waals surface area contributed by atoms with Gasteiger partial charge in [0.1, 0.15) is 0 Å².